The SMILES string of the molecule is CSc1ccc(C=CCCCl)cc1. The highest BCUT2D eigenvalue weighted by Gasteiger charge is 1.88. The molecule has 0 saturated heterocycles. The summed E-state index contributed by atoms with van der Waals surface area (Å²) in [5, 5.41) is 0. The van der Waals surface area contributed by atoms with E-state index in [-0.39, 0.29) is 0 Å². The minimum Gasteiger partial charge on any atom is -0.130 e. The number of halogens is 1. The maximum Gasteiger partial charge on any atom is 0.0258 e. The summed E-state index contributed by atoms with van der Waals surface area (Å²) in [6, 6.07) is 8.50. The van der Waals surface area contributed by atoms with E-state index < -0.39 is 0 Å². The van der Waals surface area contributed by atoms with Crippen molar-refractivity contribution in [3.05, 3.63) is 35.9 Å². The zero-order valence-corrected chi connectivity index (χ0v) is 9.24. The Kier molecular flexibility index (Phi) is 5.02. The summed E-state index contributed by atoms with van der Waals surface area (Å²) in [5.74, 6) is 0.694. The van der Waals surface area contributed by atoms with Gasteiger partial charge in [0.05, 0.1) is 0 Å². The van der Waals surface area contributed by atoms with Crippen molar-refractivity contribution in [1.82, 2.24) is 0 Å². The number of thioether (sulfide) groups is 1. The van der Waals surface area contributed by atoms with Gasteiger partial charge in [0.1, 0.15) is 0 Å². The van der Waals surface area contributed by atoms with Crippen molar-refractivity contribution in [1.29, 1.82) is 0 Å². The molecule has 13 heavy (non-hydrogen) atoms. The van der Waals surface area contributed by atoms with E-state index in [4.69, 9.17) is 11.6 Å². The van der Waals surface area contributed by atoms with Crippen LogP contribution in [-0.4, -0.2) is 12.1 Å². The minimum absolute atomic E-state index is 0.694. The fourth-order valence-corrected chi connectivity index (χ4v) is 1.53. The van der Waals surface area contributed by atoms with Gasteiger partial charge in [0.25, 0.3) is 0 Å². The molecule has 0 aromatic heterocycles. The first kappa shape index (κ1) is 10.7. The molecule has 0 N–H and O–H groups in total. The molecule has 0 aliphatic heterocycles. The lowest BCUT2D eigenvalue weighted by atomic mass is 10.2. The molecule has 0 radical (unpaired) electrons. The number of allylic oxidation sites excluding steroid dienone is 1. The quantitative estimate of drug-likeness (QED) is 0.536. The highest BCUT2D eigenvalue weighted by atomic mass is 35.5. The van der Waals surface area contributed by atoms with E-state index in [1.807, 2.05) is 0 Å². The largest absolute Gasteiger partial charge is 0.130 e. The lowest BCUT2D eigenvalue weighted by Crippen LogP contribution is -1.73. The van der Waals surface area contributed by atoms with Gasteiger partial charge in [-0.3, -0.25) is 0 Å². The Morgan fingerprint density at radius 3 is 2.54 bits per heavy atom. The van der Waals surface area contributed by atoms with Crippen LogP contribution in [-0.2, 0) is 0 Å². The van der Waals surface area contributed by atoms with E-state index in [2.05, 4.69) is 42.7 Å². The molecule has 1 rings (SSSR count). The van der Waals surface area contributed by atoms with Crippen LogP contribution >= 0.6 is 23.4 Å². The van der Waals surface area contributed by atoms with Crippen LogP contribution < -0.4 is 0 Å². The predicted octanol–water partition coefficient (Wildman–Crippen LogP) is 4.05. The molecule has 0 unspecified atom stereocenters. The third-order valence-electron chi connectivity index (χ3n) is 1.70. The molecule has 0 spiro atoms. The topological polar surface area (TPSA) is 0 Å². The number of alkyl halides is 1. The lowest BCUT2D eigenvalue weighted by Gasteiger charge is -1.96. The van der Waals surface area contributed by atoms with E-state index in [1.165, 1.54) is 10.5 Å². The fourth-order valence-electron chi connectivity index (χ4n) is 0.997. The van der Waals surface area contributed by atoms with Crippen LogP contribution in [0.1, 0.15) is 12.0 Å². The van der Waals surface area contributed by atoms with Crippen LogP contribution in [0.2, 0.25) is 0 Å². The summed E-state index contributed by atoms with van der Waals surface area (Å²) in [7, 11) is 0. The Morgan fingerprint density at radius 1 is 1.31 bits per heavy atom. The second-order valence-corrected chi connectivity index (χ2v) is 3.91. The standard InChI is InChI=1S/C11H13ClS/c1-13-11-7-5-10(6-8-11)4-2-3-9-12/h2,4-8H,3,9H2,1H3. The molecule has 1 aromatic carbocycles. The van der Waals surface area contributed by atoms with Crippen LogP contribution in [0, 0.1) is 0 Å². The Bertz CT molecular complexity index is 264. The third-order valence-corrected chi connectivity index (χ3v) is 2.66. The molecule has 0 aliphatic rings. The summed E-state index contributed by atoms with van der Waals surface area (Å²) in [4.78, 5) is 1.30. The van der Waals surface area contributed by atoms with Crippen LogP contribution in [0.15, 0.2) is 35.2 Å². The molecular weight excluding hydrogens is 200 g/mol. The van der Waals surface area contributed by atoms with Crippen molar-refractivity contribution in [2.75, 3.05) is 12.1 Å². The molecule has 0 bridgehead atoms. The van der Waals surface area contributed by atoms with Crippen molar-refractivity contribution in [2.24, 2.45) is 0 Å². The average Bonchev–Trinajstić information content (AvgIpc) is 2.19. The first-order valence-electron chi connectivity index (χ1n) is 4.23. The van der Waals surface area contributed by atoms with Crippen molar-refractivity contribution in [3.8, 4) is 0 Å². The van der Waals surface area contributed by atoms with Gasteiger partial charge in [-0.1, -0.05) is 24.3 Å². The Hall–Kier alpha value is -0.400. The number of benzene rings is 1. The molecule has 0 heterocycles. The molecule has 0 nitrogen and oxygen atoms in total. The first-order valence-corrected chi connectivity index (χ1v) is 5.99. The molecule has 0 amide bonds. The second-order valence-electron chi connectivity index (χ2n) is 2.65. The summed E-state index contributed by atoms with van der Waals surface area (Å²) in [6.07, 6.45) is 7.22. The first-order chi connectivity index (χ1) is 6.36. The van der Waals surface area contributed by atoms with Crippen LogP contribution in [0.25, 0.3) is 6.08 Å². The Balaban J connectivity index is 2.58. The highest BCUT2D eigenvalue weighted by Crippen LogP contribution is 2.15. The van der Waals surface area contributed by atoms with E-state index in [9.17, 15) is 0 Å². The zero-order valence-electron chi connectivity index (χ0n) is 7.66. The van der Waals surface area contributed by atoms with Crippen molar-refractivity contribution in [2.45, 2.75) is 11.3 Å². The van der Waals surface area contributed by atoms with E-state index >= 15 is 0 Å². The minimum atomic E-state index is 0.694. The molecule has 0 atom stereocenters. The molecular formula is C11H13ClS. The zero-order chi connectivity index (χ0) is 9.52. The molecule has 2 heteroatoms. The molecule has 70 valence electrons. The maximum atomic E-state index is 5.56. The summed E-state index contributed by atoms with van der Waals surface area (Å²) < 4.78 is 0. The summed E-state index contributed by atoms with van der Waals surface area (Å²) >= 11 is 7.32. The van der Waals surface area contributed by atoms with E-state index in [0.717, 1.165) is 6.42 Å². The van der Waals surface area contributed by atoms with Gasteiger partial charge >= 0.3 is 0 Å². The van der Waals surface area contributed by atoms with Gasteiger partial charge in [-0.25, -0.2) is 0 Å². The van der Waals surface area contributed by atoms with Crippen LogP contribution in [0.4, 0.5) is 0 Å². The van der Waals surface area contributed by atoms with Crippen LogP contribution in [0.3, 0.4) is 0 Å². The van der Waals surface area contributed by atoms with E-state index in [1.54, 1.807) is 11.8 Å². The van der Waals surface area contributed by atoms with Crippen molar-refractivity contribution < 1.29 is 0 Å². The molecule has 1 aromatic rings. The van der Waals surface area contributed by atoms with E-state index in [0.29, 0.717) is 5.88 Å². The van der Waals surface area contributed by atoms with Gasteiger partial charge in [0, 0.05) is 10.8 Å². The average molecular weight is 213 g/mol. The predicted molar refractivity (Wildman–Crippen MR) is 62.6 cm³/mol. The highest BCUT2D eigenvalue weighted by molar-refractivity contribution is 7.98. The van der Waals surface area contributed by atoms with Gasteiger partial charge in [-0.05, 0) is 30.4 Å². The third kappa shape index (κ3) is 3.88. The smallest absolute Gasteiger partial charge is 0.0258 e. The van der Waals surface area contributed by atoms with Gasteiger partial charge in [0.15, 0.2) is 0 Å². The van der Waals surface area contributed by atoms with Gasteiger partial charge in [-0.15, -0.1) is 23.4 Å². The van der Waals surface area contributed by atoms with Gasteiger partial charge in [0.2, 0.25) is 0 Å². The fraction of sp³-hybridized carbons (Fsp3) is 0.273. The second kappa shape index (κ2) is 6.11. The lowest BCUT2D eigenvalue weighted by molar-refractivity contribution is 1.24. The van der Waals surface area contributed by atoms with Crippen molar-refractivity contribution >= 4 is 29.4 Å². The van der Waals surface area contributed by atoms with Gasteiger partial charge < -0.3 is 0 Å². The van der Waals surface area contributed by atoms with Gasteiger partial charge in [-0.2, -0.15) is 0 Å². The molecule has 0 aliphatic carbocycles. The Labute approximate surface area is 89.0 Å². The normalized spacial score (nSPS) is 10.9. The molecule has 0 saturated carbocycles. The molecule has 0 fully saturated rings. The monoisotopic (exact) mass is 212 g/mol. The summed E-state index contributed by atoms with van der Waals surface area (Å²) in [6.45, 7) is 0. The number of hydrogen-bond acceptors (Lipinski definition) is 1. The maximum absolute atomic E-state index is 5.56. The Morgan fingerprint density at radius 2 is 2.00 bits per heavy atom. The summed E-state index contributed by atoms with van der Waals surface area (Å²) in [5.41, 5.74) is 1.24. The van der Waals surface area contributed by atoms with Crippen molar-refractivity contribution in [3.63, 3.8) is 0 Å². The number of rotatable bonds is 4. The number of hydrogen-bond donors (Lipinski definition) is 0. The van der Waals surface area contributed by atoms with Crippen LogP contribution in [0.5, 0.6) is 0 Å².